The van der Waals surface area contributed by atoms with Crippen LogP contribution in [-0.4, -0.2) is 44.3 Å². The lowest BCUT2D eigenvalue weighted by atomic mass is 10.5. The van der Waals surface area contributed by atoms with Gasteiger partial charge in [0.05, 0.1) is 0 Å². The first kappa shape index (κ1) is 19.2. The Labute approximate surface area is 106 Å². The number of rotatable bonds is 6. The van der Waals surface area contributed by atoms with Crippen molar-refractivity contribution in [1.29, 1.82) is 0 Å². The van der Waals surface area contributed by atoms with Crippen LogP contribution in [-0.2, 0) is 14.2 Å². The summed E-state index contributed by atoms with van der Waals surface area (Å²) in [6, 6.07) is 0. The van der Waals surface area contributed by atoms with Crippen LogP contribution in [0.5, 0.6) is 0 Å². The third-order valence-corrected chi connectivity index (χ3v) is 1.49. The van der Waals surface area contributed by atoms with Gasteiger partial charge in [0, 0.05) is 6.92 Å². The second-order valence-electron chi connectivity index (χ2n) is 3.57. The summed E-state index contributed by atoms with van der Waals surface area (Å²) in [6.45, 7) is -6.05. The summed E-state index contributed by atoms with van der Waals surface area (Å²) in [4.78, 5) is 0. The highest BCUT2D eigenvalue weighted by Crippen LogP contribution is 2.27. The van der Waals surface area contributed by atoms with Crippen LogP contribution in [0.15, 0.2) is 0 Å². The minimum absolute atomic E-state index is 0.371. The number of alkyl halides is 9. The maximum absolute atomic E-state index is 11.9. The molecule has 122 valence electrons. The van der Waals surface area contributed by atoms with E-state index in [0.717, 1.165) is 0 Å². The molecule has 0 bridgehead atoms. The van der Waals surface area contributed by atoms with Crippen LogP contribution >= 0.6 is 0 Å². The molecule has 0 unspecified atom stereocenters. The molecule has 0 spiro atoms. The van der Waals surface area contributed by atoms with Gasteiger partial charge in [0.1, 0.15) is 19.8 Å². The molecular formula is C8H9F9O3. The van der Waals surface area contributed by atoms with Gasteiger partial charge in [0.2, 0.25) is 0 Å². The standard InChI is InChI=1S/C8H9F9O3/c1-5(18-2-6(9,10)11,19-3-7(12,13)14)20-4-8(15,16)17/h2-4H2,1H3. The minimum Gasteiger partial charge on any atom is -0.318 e. The van der Waals surface area contributed by atoms with E-state index in [2.05, 4.69) is 14.2 Å². The van der Waals surface area contributed by atoms with Gasteiger partial charge in [-0.2, -0.15) is 39.5 Å². The Bertz CT molecular complexity index is 247. The molecule has 0 radical (unpaired) electrons. The average molecular weight is 324 g/mol. The summed E-state index contributed by atoms with van der Waals surface area (Å²) in [6.07, 6.45) is -14.9. The maximum atomic E-state index is 11.9. The predicted octanol–water partition coefficient (Wildman–Crippen LogP) is 3.40. The van der Waals surface area contributed by atoms with E-state index < -0.39 is 44.3 Å². The molecule has 0 atom stereocenters. The molecule has 0 saturated carbocycles. The minimum atomic E-state index is -4.98. The summed E-state index contributed by atoms with van der Waals surface area (Å²) < 4.78 is 118. The first-order chi connectivity index (χ1) is 8.62. The molecule has 0 aromatic heterocycles. The highest BCUT2D eigenvalue weighted by Gasteiger charge is 2.42. The largest absolute Gasteiger partial charge is 0.412 e. The van der Waals surface area contributed by atoms with Crippen LogP contribution in [0.1, 0.15) is 6.92 Å². The Balaban J connectivity index is 4.66. The first-order valence-corrected chi connectivity index (χ1v) is 4.74. The zero-order valence-electron chi connectivity index (χ0n) is 9.75. The maximum Gasteiger partial charge on any atom is 0.412 e. The molecule has 20 heavy (non-hydrogen) atoms. The molecule has 0 aromatic rings. The molecule has 3 nitrogen and oxygen atoms in total. The Morgan fingerprint density at radius 3 is 0.900 bits per heavy atom. The molecule has 0 saturated heterocycles. The van der Waals surface area contributed by atoms with Gasteiger partial charge in [-0.1, -0.05) is 0 Å². The second-order valence-corrected chi connectivity index (χ2v) is 3.57. The molecule has 12 heteroatoms. The Morgan fingerprint density at radius 1 is 0.550 bits per heavy atom. The van der Waals surface area contributed by atoms with Crippen molar-refractivity contribution < 1.29 is 53.7 Å². The number of hydrogen-bond donors (Lipinski definition) is 0. The molecule has 0 amide bonds. The number of hydrogen-bond acceptors (Lipinski definition) is 3. The topological polar surface area (TPSA) is 27.7 Å². The van der Waals surface area contributed by atoms with Crippen LogP contribution in [0, 0.1) is 0 Å². The first-order valence-electron chi connectivity index (χ1n) is 4.74. The highest BCUT2D eigenvalue weighted by molar-refractivity contribution is 4.58. The summed E-state index contributed by atoms with van der Waals surface area (Å²) in [5, 5.41) is 0. The van der Waals surface area contributed by atoms with Gasteiger partial charge in [-0.15, -0.1) is 0 Å². The molecule has 0 aliphatic rings. The van der Waals surface area contributed by atoms with Gasteiger partial charge in [-0.05, 0) is 0 Å². The predicted molar refractivity (Wildman–Crippen MR) is 44.4 cm³/mol. The van der Waals surface area contributed by atoms with Crippen LogP contribution in [0.3, 0.4) is 0 Å². The summed E-state index contributed by atoms with van der Waals surface area (Å²) >= 11 is 0. The van der Waals surface area contributed by atoms with E-state index >= 15 is 0 Å². The van der Waals surface area contributed by atoms with E-state index in [-0.39, 0.29) is 0 Å². The third kappa shape index (κ3) is 11.1. The molecule has 0 rings (SSSR count). The Kier molecular flexibility index (Phi) is 6.11. The zero-order chi connectivity index (χ0) is 16.2. The van der Waals surface area contributed by atoms with Gasteiger partial charge >= 0.3 is 18.5 Å². The fraction of sp³-hybridized carbons (Fsp3) is 1.00. The fourth-order valence-electron chi connectivity index (χ4n) is 0.764. The van der Waals surface area contributed by atoms with Gasteiger partial charge in [0.25, 0.3) is 5.97 Å². The van der Waals surface area contributed by atoms with Crippen LogP contribution in [0.4, 0.5) is 39.5 Å². The summed E-state index contributed by atoms with van der Waals surface area (Å²) in [7, 11) is 0. The van der Waals surface area contributed by atoms with E-state index in [1.165, 1.54) is 0 Å². The van der Waals surface area contributed by atoms with E-state index in [9.17, 15) is 39.5 Å². The van der Waals surface area contributed by atoms with Gasteiger partial charge in [-0.25, -0.2) is 0 Å². The van der Waals surface area contributed by atoms with E-state index in [1.807, 2.05) is 0 Å². The van der Waals surface area contributed by atoms with Crippen molar-refractivity contribution in [2.75, 3.05) is 19.8 Å². The number of halogens is 9. The molecular weight excluding hydrogens is 315 g/mol. The monoisotopic (exact) mass is 324 g/mol. The van der Waals surface area contributed by atoms with Crippen molar-refractivity contribution in [3.63, 3.8) is 0 Å². The molecule has 0 aliphatic heterocycles. The van der Waals surface area contributed by atoms with E-state index in [0.29, 0.717) is 6.92 Å². The van der Waals surface area contributed by atoms with Crippen molar-refractivity contribution >= 4 is 0 Å². The summed E-state index contributed by atoms with van der Waals surface area (Å²) in [5.74, 6) is -3.14. The SMILES string of the molecule is CC(OCC(F)(F)F)(OCC(F)(F)F)OCC(F)(F)F. The average Bonchev–Trinajstić information content (AvgIpc) is 2.18. The van der Waals surface area contributed by atoms with Crippen molar-refractivity contribution in [1.82, 2.24) is 0 Å². The lowest BCUT2D eigenvalue weighted by Crippen LogP contribution is -2.43. The van der Waals surface area contributed by atoms with Crippen molar-refractivity contribution in [2.45, 2.75) is 31.4 Å². The van der Waals surface area contributed by atoms with Gasteiger partial charge < -0.3 is 14.2 Å². The van der Waals surface area contributed by atoms with Gasteiger partial charge in [0.15, 0.2) is 0 Å². The zero-order valence-corrected chi connectivity index (χ0v) is 9.75. The molecule has 0 aliphatic carbocycles. The Morgan fingerprint density at radius 2 is 0.750 bits per heavy atom. The van der Waals surface area contributed by atoms with Crippen molar-refractivity contribution in [3.8, 4) is 0 Å². The van der Waals surface area contributed by atoms with Crippen molar-refractivity contribution in [2.24, 2.45) is 0 Å². The lowest BCUT2D eigenvalue weighted by Gasteiger charge is -2.30. The highest BCUT2D eigenvalue weighted by atomic mass is 19.4. The normalized spacial score (nSPS) is 14.7. The summed E-state index contributed by atoms with van der Waals surface area (Å²) in [5.41, 5.74) is 0. The van der Waals surface area contributed by atoms with E-state index in [4.69, 9.17) is 0 Å². The molecule has 0 aromatic carbocycles. The van der Waals surface area contributed by atoms with Crippen LogP contribution in [0.2, 0.25) is 0 Å². The fourth-order valence-corrected chi connectivity index (χ4v) is 0.764. The second kappa shape index (κ2) is 6.35. The molecule has 0 heterocycles. The quantitative estimate of drug-likeness (QED) is 0.554. The molecule has 0 N–H and O–H groups in total. The smallest absolute Gasteiger partial charge is 0.318 e. The van der Waals surface area contributed by atoms with Crippen LogP contribution < -0.4 is 0 Å². The van der Waals surface area contributed by atoms with Crippen LogP contribution in [0.25, 0.3) is 0 Å². The van der Waals surface area contributed by atoms with Gasteiger partial charge in [-0.3, -0.25) is 0 Å². The Hall–Kier alpha value is -0.750. The van der Waals surface area contributed by atoms with E-state index in [1.54, 1.807) is 0 Å². The third-order valence-electron chi connectivity index (χ3n) is 1.49. The number of ether oxygens (including phenoxy) is 3. The molecule has 0 fully saturated rings. The lowest BCUT2D eigenvalue weighted by molar-refractivity contribution is -0.415. The van der Waals surface area contributed by atoms with Crippen molar-refractivity contribution in [3.05, 3.63) is 0 Å².